The number of ether oxygens (including phenoxy) is 1. The van der Waals surface area contributed by atoms with E-state index in [0.717, 1.165) is 16.3 Å². The van der Waals surface area contributed by atoms with Crippen molar-refractivity contribution >= 4 is 29.4 Å². The van der Waals surface area contributed by atoms with Gasteiger partial charge in [0.2, 0.25) is 5.91 Å². The van der Waals surface area contributed by atoms with E-state index in [2.05, 4.69) is 22.4 Å². The van der Waals surface area contributed by atoms with Crippen LogP contribution in [0.4, 0.5) is 10.5 Å². The molecule has 0 unspecified atom stereocenters. The Balaban J connectivity index is 1.68. The van der Waals surface area contributed by atoms with E-state index in [0.29, 0.717) is 12.1 Å². The molecule has 0 spiro atoms. The van der Waals surface area contributed by atoms with Crippen LogP contribution in [0.25, 0.3) is 0 Å². The minimum absolute atomic E-state index is 0.302. The highest BCUT2D eigenvalue weighted by molar-refractivity contribution is 7.98. The molecule has 0 saturated heterocycles. The van der Waals surface area contributed by atoms with Crippen LogP contribution >= 0.6 is 11.8 Å². The van der Waals surface area contributed by atoms with E-state index in [1.807, 2.05) is 60.7 Å². The zero-order chi connectivity index (χ0) is 24.6. The zero-order valence-electron chi connectivity index (χ0n) is 20.0. The van der Waals surface area contributed by atoms with E-state index >= 15 is 0 Å². The Kier molecular flexibility index (Phi) is 8.71. The Bertz CT molecular complexity index is 1070. The van der Waals surface area contributed by atoms with E-state index in [1.54, 1.807) is 45.8 Å². The minimum atomic E-state index is -0.746. The Morgan fingerprint density at radius 1 is 0.971 bits per heavy atom. The van der Waals surface area contributed by atoms with Gasteiger partial charge >= 0.3 is 6.09 Å². The van der Waals surface area contributed by atoms with Crippen LogP contribution in [-0.4, -0.2) is 40.6 Å². The van der Waals surface area contributed by atoms with Gasteiger partial charge < -0.3 is 10.1 Å². The molecule has 1 aromatic heterocycles. The van der Waals surface area contributed by atoms with Crippen molar-refractivity contribution in [3.05, 3.63) is 90.1 Å². The Morgan fingerprint density at radius 3 is 2.15 bits per heavy atom. The number of carbonyl (C=O) groups excluding carboxylic acids is 2. The van der Waals surface area contributed by atoms with Gasteiger partial charge in [-0.05, 0) is 44.0 Å². The summed E-state index contributed by atoms with van der Waals surface area (Å²) < 4.78 is 5.49. The maximum atomic E-state index is 13.2. The van der Waals surface area contributed by atoms with Crippen molar-refractivity contribution in [1.82, 2.24) is 9.88 Å². The van der Waals surface area contributed by atoms with Crippen LogP contribution in [-0.2, 0) is 21.7 Å². The third kappa shape index (κ3) is 7.92. The molecule has 3 rings (SSSR count). The van der Waals surface area contributed by atoms with Gasteiger partial charge in [0.15, 0.2) is 0 Å². The Labute approximate surface area is 205 Å². The van der Waals surface area contributed by atoms with Gasteiger partial charge in [-0.1, -0.05) is 60.7 Å². The molecule has 0 aliphatic heterocycles. The molecule has 178 valence electrons. The summed E-state index contributed by atoms with van der Waals surface area (Å²) in [4.78, 5) is 31.7. The van der Waals surface area contributed by atoms with E-state index in [1.165, 1.54) is 10.5 Å². The van der Waals surface area contributed by atoms with Gasteiger partial charge in [-0.25, -0.2) is 9.78 Å². The minimum Gasteiger partial charge on any atom is -0.444 e. The fourth-order valence-corrected chi connectivity index (χ4v) is 4.00. The summed E-state index contributed by atoms with van der Waals surface area (Å²) in [7, 11) is 1.59. The number of benzene rings is 2. The zero-order valence-corrected chi connectivity index (χ0v) is 20.8. The number of nitrogens with zero attached hydrogens (tertiary/aromatic N) is 2. The maximum absolute atomic E-state index is 13.2. The van der Waals surface area contributed by atoms with Crippen molar-refractivity contribution in [2.75, 3.05) is 12.4 Å². The largest absolute Gasteiger partial charge is 0.444 e. The number of hydrogen-bond acceptors (Lipinski definition) is 5. The number of aromatic nitrogens is 1. The van der Waals surface area contributed by atoms with Crippen LogP contribution in [0.3, 0.4) is 0 Å². The Hall–Kier alpha value is -3.32. The first-order valence-electron chi connectivity index (χ1n) is 11.1. The summed E-state index contributed by atoms with van der Waals surface area (Å²) in [5.74, 6) is 0.517. The molecule has 7 heteroatoms. The first kappa shape index (κ1) is 25.3. The standard InChI is InChI=1S/C27H31N3O3S/c1-27(2,3)33-26(32)30(4)23(17-20-11-7-5-8-12-20)25(31)29-22-15-16-24(28-18-22)34-19-21-13-9-6-10-14-21/h5-16,18,23H,17,19H2,1-4H3,(H,29,31)/t23-/m0/s1. The van der Waals surface area contributed by atoms with Gasteiger partial charge in [0.1, 0.15) is 11.6 Å². The van der Waals surface area contributed by atoms with Gasteiger partial charge in [0.25, 0.3) is 0 Å². The second-order valence-electron chi connectivity index (χ2n) is 8.95. The first-order valence-corrected chi connectivity index (χ1v) is 12.1. The normalized spacial score (nSPS) is 12.0. The summed E-state index contributed by atoms with van der Waals surface area (Å²) in [6.45, 7) is 5.40. The molecule has 0 fully saturated rings. The third-order valence-corrected chi connectivity index (χ3v) is 5.97. The molecule has 34 heavy (non-hydrogen) atoms. The molecule has 1 atom stereocenters. The fourth-order valence-electron chi connectivity index (χ4n) is 3.20. The molecular weight excluding hydrogens is 446 g/mol. The molecule has 2 amide bonds. The van der Waals surface area contributed by atoms with Crippen molar-refractivity contribution in [2.24, 2.45) is 0 Å². The molecule has 0 aliphatic carbocycles. The molecule has 1 N–H and O–H groups in total. The lowest BCUT2D eigenvalue weighted by atomic mass is 10.0. The van der Waals surface area contributed by atoms with Crippen LogP contribution in [0.15, 0.2) is 84.0 Å². The van der Waals surface area contributed by atoms with E-state index in [4.69, 9.17) is 4.74 Å². The molecule has 0 saturated carbocycles. The average molecular weight is 478 g/mol. The summed E-state index contributed by atoms with van der Waals surface area (Å²) in [6.07, 6.45) is 1.45. The van der Waals surface area contributed by atoms with Crippen molar-refractivity contribution in [3.63, 3.8) is 0 Å². The van der Waals surface area contributed by atoms with Crippen molar-refractivity contribution in [1.29, 1.82) is 0 Å². The van der Waals surface area contributed by atoms with Crippen LogP contribution in [0.2, 0.25) is 0 Å². The van der Waals surface area contributed by atoms with Crippen LogP contribution < -0.4 is 5.32 Å². The Morgan fingerprint density at radius 2 is 1.59 bits per heavy atom. The average Bonchev–Trinajstić information content (AvgIpc) is 2.82. The lowest BCUT2D eigenvalue weighted by Gasteiger charge is -2.30. The molecular formula is C27H31N3O3S. The number of thioether (sulfide) groups is 1. The number of nitrogens with one attached hydrogen (secondary N) is 1. The second kappa shape index (κ2) is 11.7. The summed E-state index contributed by atoms with van der Waals surface area (Å²) in [5.41, 5.74) is 2.09. The molecule has 0 radical (unpaired) electrons. The summed E-state index contributed by atoms with van der Waals surface area (Å²) in [6, 6.07) is 22.8. The van der Waals surface area contributed by atoms with Crippen molar-refractivity contribution in [2.45, 2.75) is 49.6 Å². The second-order valence-corrected chi connectivity index (χ2v) is 9.94. The first-order chi connectivity index (χ1) is 16.2. The third-order valence-electron chi connectivity index (χ3n) is 4.96. The highest BCUT2D eigenvalue weighted by Gasteiger charge is 2.30. The van der Waals surface area contributed by atoms with Gasteiger partial charge in [-0.3, -0.25) is 9.69 Å². The highest BCUT2D eigenvalue weighted by Crippen LogP contribution is 2.22. The summed E-state index contributed by atoms with van der Waals surface area (Å²) >= 11 is 1.63. The molecule has 3 aromatic rings. The number of carbonyl (C=O) groups is 2. The van der Waals surface area contributed by atoms with E-state index in [-0.39, 0.29) is 5.91 Å². The predicted molar refractivity (Wildman–Crippen MR) is 137 cm³/mol. The van der Waals surface area contributed by atoms with Gasteiger partial charge in [0, 0.05) is 19.2 Å². The number of pyridine rings is 1. The van der Waals surface area contributed by atoms with Crippen LogP contribution in [0.5, 0.6) is 0 Å². The number of rotatable bonds is 8. The lowest BCUT2D eigenvalue weighted by molar-refractivity contribution is -0.120. The molecule has 0 bridgehead atoms. The van der Waals surface area contributed by atoms with Crippen molar-refractivity contribution in [3.8, 4) is 0 Å². The van der Waals surface area contributed by atoms with Gasteiger partial charge in [-0.2, -0.15) is 0 Å². The maximum Gasteiger partial charge on any atom is 0.410 e. The molecule has 2 aromatic carbocycles. The van der Waals surface area contributed by atoms with E-state index in [9.17, 15) is 9.59 Å². The molecule has 0 aliphatic rings. The number of anilines is 1. The summed E-state index contributed by atoms with van der Waals surface area (Å²) in [5, 5.41) is 3.77. The number of likely N-dealkylation sites (N-methyl/N-ethyl adjacent to an activating group) is 1. The molecule has 6 nitrogen and oxygen atoms in total. The van der Waals surface area contributed by atoms with Crippen molar-refractivity contribution < 1.29 is 14.3 Å². The lowest BCUT2D eigenvalue weighted by Crippen LogP contribution is -2.48. The SMILES string of the molecule is CN(C(=O)OC(C)(C)C)[C@@H](Cc1ccccc1)C(=O)Nc1ccc(SCc2ccccc2)nc1. The van der Waals surface area contributed by atoms with Gasteiger partial charge in [0.05, 0.1) is 16.9 Å². The topological polar surface area (TPSA) is 71.5 Å². The monoisotopic (exact) mass is 477 g/mol. The predicted octanol–water partition coefficient (Wildman–Crippen LogP) is 5.79. The fraction of sp³-hybridized carbons (Fsp3) is 0.296. The quantitative estimate of drug-likeness (QED) is 0.416. The van der Waals surface area contributed by atoms with E-state index < -0.39 is 17.7 Å². The number of amides is 2. The molecule has 1 heterocycles. The number of hydrogen-bond donors (Lipinski definition) is 1. The smallest absolute Gasteiger partial charge is 0.410 e. The van der Waals surface area contributed by atoms with Crippen LogP contribution in [0.1, 0.15) is 31.9 Å². The van der Waals surface area contributed by atoms with Gasteiger partial charge in [-0.15, -0.1) is 11.8 Å². The highest BCUT2D eigenvalue weighted by atomic mass is 32.2. The van der Waals surface area contributed by atoms with Crippen LogP contribution in [0, 0.1) is 0 Å².